The minimum Gasteiger partial charge on any atom is -0.382 e. The van der Waals surface area contributed by atoms with E-state index >= 15 is 0 Å². The molecule has 0 bridgehead atoms. The molecule has 2 aliphatic rings. The molecule has 100 valence electrons. The Morgan fingerprint density at radius 3 is 2.58 bits per heavy atom. The van der Waals surface area contributed by atoms with Gasteiger partial charge in [0.2, 0.25) is 0 Å². The molecule has 4 nitrogen and oxygen atoms in total. The quantitative estimate of drug-likeness (QED) is 0.842. The van der Waals surface area contributed by atoms with E-state index in [1.165, 1.54) is 30.6 Å². The highest BCUT2D eigenvalue weighted by molar-refractivity contribution is 5.58. The predicted octanol–water partition coefficient (Wildman–Crippen LogP) is 2.25. The number of nitrogens with one attached hydrogen (secondary N) is 1. The van der Waals surface area contributed by atoms with Crippen molar-refractivity contribution in [3.8, 4) is 6.19 Å². The highest BCUT2D eigenvalue weighted by Gasteiger charge is 2.18. The van der Waals surface area contributed by atoms with Crippen LogP contribution in [-0.4, -0.2) is 37.1 Å². The first-order valence-electron chi connectivity index (χ1n) is 7.11. The lowest BCUT2D eigenvalue weighted by Crippen LogP contribution is -2.44. The molecule has 1 aromatic rings. The molecule has 19 heavy (non-hydrogen) atoms. The maximum Gasteiger partial charge on any atom is 0.179 e. The predicted molar refractivity (Wildman–Crippen MR) is 77.1 cm³/mol. The van der Waals surface area contributed by atoms with Crippen LogP contribution in [0.25, 0.3) is 0 Å². The van der Waals surface area contributed by atoms with Crippen molar-refractivity contribution in [1.29, 1.82) is 5.26 Å². The molecular formula is C15H20N4. The molecule has 2 fully saturated rings. The number of hydrogen-bond donors (Lipinski definition) is 1. The summed E-state index contributed by atoms with van der Waals surface area (Å²) >= 11 is 0. The molecule has 4 heteroatoms. The Bertz CT molecular complexity index is 467. The van der Waals surface area contributed by atoms with Crippen molar-refractivity contribution >= 4 is 11.4 Å². The third-order valence-electron chi connectivity index (χ3n) is 4.11. The van der Waals surface area contributed by atoms with Crippen molar-refractivity contribution in [1.82, 2.24) is 4.90 Å². The van der Waals surface area contributed by atoms with E-state index in [1.54, 1.807) is 0 Å². The molecule has 1 aliphatic carbocycles. The Kier molecular flexibility index (Phi) is 3.45. The first kappa shape index (κ1) is 12.2. The largest absolute Gasteiger partial charge is 0.382 e. The standard InChI is InChI=1S/C15H20N4/c16-12-18-7-9-19(10-8-18)15-6-2-5-14(11-15)17-13-3-1-4-13/h2,5-6,11,13,17H,1,3-4,7-10H2. The van der Waals surface area contributed by atoms with Crippen molar-refractivity contribution in [2.75, 3.05) is 36.4 Å². The molecule has 0 amide bonds. The second kappa shape index (κ2) is 5.40. The number of piperazine rings is 1. The van der Waals surface area contributed by atoms with E-state index in [-0.39, 0.29) is 0 Å². The van der Waals surface area contributed by atoms with Crippen molar-refractivity contribution < 1.29 is 0 Å². The van der Waals surface area contributed by atoms with E-state index in [4.69, 9.17) is 5.26 Å². The van der Waals surface area contributed by atoms with Crippen LogP contribution in [0.5, 0.6) is 0 Å². The van der Waals surface area contributed by atoms with Gasteiger partial charge in [0.1, 0.15) is 0 Å². The molecule has 1 N–H and O–H groups in total. The first-order chi connectivity index (χ1) is 9.35. The minimum absolute atomic E-state index is 0.672. The number of hydrogen-bond acceptors (Lipinski definition) is 4. The van der Waals surface area contributed by atoms with Gasteiger partial charge in [0.25, 0.3) is 0 Å². The van der Waals surface area contributed by atoms with Gasteiger partial charge in [-0.25, -0.2) is 0 Å². The summed E-state index contributed by atoms with van der Waals surface area (Å²) in [6, 6.07) is 9.33. The van der Waals surface area contributed by atoms with E-state index < -0.39 is 0 Å². The highest BCUT2D eigenvalue weighted by atomic mass is 15.3. The molecule has 1 aliphatic heterocycles. The molecule has 0 spiro atoms. The molecule has 1 heterocycles. The summed E-state index contributed by atoms with van der Waals surface area (Å²) in [4.78, 5) is 4.19. The van der Waals surface area contributed by atoms with Crippen LogP contribution in [0.1, 0.15) is 19.3 Å². The van der Waals surface area contributed by atoms with Gasteiger partial charge in [-0.15, -0.1) is 0 Å². The summed E-state index contributed by atoms with van der Waals surface area (Å²) < 4.78 is 0. The Morgan fingerprint density at radius 1 is 1.16 bits per heavy atom. The number of rotatable bonds is 3. The van der Waals surface area contributed by atoms with Gasteiger partial charge in [-0.2, -0.15) is 5.26 Å². The fourth-order valence-electron chi connectivity index (χ4n) is 2.65. The molecule has 1 saturated carbocycles. The van der Waals surface area contributed by atoms with E-state index in [0.29, 0.717) is 6.04 Å². The van der Waals surface area contributed by atoms with Crippen molar-refractivity contribution in [3.05, 3.63) is 24.3 Å². The lowest BCUT2D eigenvalue weighted by atomic mass is 9.93. The van der Waals surface area contributed by atoms with Gasteiger partial charge in [0.15, 0.2) is 6.19 Å². The molecule has 0 atom stereocenters. The Labute approximate surface area is 114 Å². The summed E-state index contributed by atoms with van der Waals surface area (Å²) in [6.07, 6.45) is 6.17. The lowest BCUT2D eigenvalue weighted by molar-refractivity contribution is 0.363. The van der Waals surface area contributed by atoms with Crippen molar-refractivity contribution in [2.24, 2.45) is 0 Å². The normalized spacial score (nSPS) is 19.7. The van der Waals surface area contributed by atoms with Gasteiger partial charge < -0.3 is 15.1 Å². The zero-order valence-electron chi connectivity index (χ0n) is 11.2. The average Bonchev–Trinajstić information content (AvgIpc) is 2.43. The van der Waals surface area contributed by atoms with Gasteiger partial charge in [-0.3, -0.25) is 0 Å². The second-order valence-corrected chi connectivity index (χ2v) is 5.40. The Hall–Kier alpha value is -1.89. The second-order valence-electron chi connectivity index (χ2n) is 5.40. The van der Waals surface area contributed by atoms with Crippen molar-refractivity contribution in [2.45, 2.75) is 25.3 Å². The number of benzene rings is 1. The maximum atomic E-state index is 8.87. The van der Waals surface area contributed by atoms with Crippen LogP contribution < -0.4 is 10.2 Å². The summed E-state index contributed by atoms with van der Waals surface area (Å²) in [5.74, 6) is 0. The summed E-state index contributed by atoms with van der Waals surface area (Å²) in [5.41, 5.74) is 2.49. The van der Waals surface area contributed by atoms with Gasteiger partial charge in [0.05, 0.1) is 0 Å². The fourth-order valence-corrected chi connectivity index (χ4v) is 2.65. The third kappa shape index (κ3) is 2.76. The van der Waals surface area contributed by atoms with Gasteiger partial charge >= 0.3 is 0 Å². The molecule has 1 saturated heterocycles. The van der Waals surface area contributed by atoms with E-state index in [9.17, 15) is 0 Å². The number of anilines is 2. The average molecular weight is 256 g/mol. The Morgan fingerprint density at radius 2 is 1.95 bits per heavy atom. The van der Waals surface area contributed by atoms with Crippen LogP contribution in [0.15, 0.2) is 24.3 Å². The van der Waals surface area contributed by atoms with Crippen LogP contribution in [0.3, 0.4) is 0 Å². The molecule has 3 rings (SSSR count). The van der Waals surface area contributed by atoms with Gasteiger partial charge in [0, 0.05) is 43.6 Å². The third-order valence-corrected chi connectivity index (χ3v) is 4.11. The highest BCUT2D eigenvalue weighted by Crippen LogP contribution is 2.26. The maximum absolute atomic E-state index is 8.87. The van der Waals surface area contributed by atoms with Gasteiger partial charge in [-0.1, -0.05) is 6.07 Å². The monoisotopic (exact) mass is 256 g/mol. The minimum atomic E-state index is 0.672. The number of nitrogens with zero attached hydrogens (tertiary/aromatic N) is 3. The zero-order chi connectivity index (χ0) is 13.1. The van der Waals surface area contributed by atoms with E-state index in [2.05, 4.69) is 40.7 Å². The topological polar surface area (TPSA) is 42.3 Å². The first-order valence-corrected chi connectivity index (χ1v) is 7.11. The summed E-state index contributed by atoms with van der Waals surface area (Å²) in [6.45, 7) is 3.52. The molecule has 0 unspecified atom stereocenters. The van der Waals surface area contributed by atoms with Crippen LogP contribution in [-0.2, 0) is 0 Å². The number of nitriles is 1. The summed E-state index contributed by atoms with van der Waals surface area (Å²) in [5, 5.41) is 12.5. The Balaban J connectivity index is 1.64. The van der Waals surface area contributed by atoms with Crippen LogP contribution >= 0.6 is 0 Å². The SMILES string of the molecule is N#CN1CCN(c2cccc(NC3CCC3)c2)CC1. The molecule has 0 aromatic heterocycles. The fraction of sp³-hybridized carbons (Fsp3) is 0.533. The molecular weight excluding hydrogens is 236 g/mol. The summed E-state index contributed by atoms with van der Waals surface area (Å²) in [7, 11) is 0. The van der Waals surface area contributed by atoms with Crippen LogP contribution in [0.4, 0.5) is 11.4 Å². The van der Waals surface area contributed by atoms with Crippen LogP contribution in [0, 0.1) is 11.5 Å². The molecule has 1 aromatic carbocycles. The van der Waals surface area contributed by atoms with Crippen LogP contribution in [0.2, 0.25) is 0 Å². The smallest absolute Gasteiger partial charge is 0.179 e. The van der Waals surface area contributed by atoms with E-state index in [1.807, 2.05) is 4.90 Å². The van der Waals surface area contributed by atoms with Crippen molar-refractivity contribution in [3.63, 3.8) is 0 Å². The zero-order valence-corrected chi connectivity index (χ0v) is 11.2. The van der Waals surface area contributed by atoms with Gasteiger partial charge in [-0.05, 0) is 37.5 Å². The molecule has 0 radical (unpaired) electrons. The van der Waals surface area contributed by atoms with E-state index in [0.717, 1.165) is 26.2 Å². The lowest BCUT2D eigenvalue weighted by Gasteiger charge is -2.34.